The fraction of sp³-hybridized carbons (Fsp3) is 0.455. The second-order valence-corrected chi connectivity index (χ2v) is 3.89. The number of rotatable bonds is 2. The van der Waals surface area contributed by atoms with Crippen LogP contribution in [0.5, 0.6) is 0 Å². The molecular formula is C11H14FN3. The standard InChI is InChI=1S/C11H14FN3/c1-7(2)8-3-4-9(15-10(8)12)11-13-5-6-14-11/h3-4,7H,5-6H2,1-2H3,(H,13,14). The Bertz CT molecular complexity index is 399. The van der Waals surface area contributed by atoms with Crippen LogP contribution in [0.1, 0.15) is 31.0 Å². The zero-order valence-corrected chi connectivity index (χ0v) is 8.92. The quantitative estimate of drug-likeness (QED) is 0.749. The van der Waals surface area contributed by atoms with E-state index in [1.54, 1.807) is 6.07 Å². The summed E-state index contributed by atoms with van der Waals surface area (Å²) in [5, 5.41) is 3.07. The highest BCUT2D eigenvalue weighted by atomic mass is 19.1. The molecule has 0 fully saturated rings. The van der Waals surface area contributed by atoms with E-state index in [9.17, 15) is 4.39 Å². The highest BCUT2D eigenvalue weighted by Gasteiger charge is 2.13. The van der Waals surface area contributed by atoms with Gasteiger partial charge in [0.25, 0.3) is 0 Å². The van der Waals surface area contributed by atoms with E-state index in [1.807, 2.05) is 19.9 Å². The Morgan fingerprint density at radius 3 is 2.73 bits per heavy atom. The second-order valence-electron chi connectivity index (χ2n) is 3.89. The highest BCUT2D eigenvalue weighted by molar-refractivity contribution is 5.98. The van der Waals surface area contributed by atoms with Crippen LogP contribution in [-0.2, 0) is 0 Å². The van der Waals surface area contributed by atoms with Crippen LogP contribution >= 0.6 is 0 Å². The van der Waals surface area contributed by atoms with Gasteiger partial charge in [0.15, 0.2) is 0 Å². The normalized spacial score (nSPS) is 15.3. The predicted octanol–water partition coefficient (Wildman–Crippen LogP) is 1.69. The number of nitrogens with zero attached hydrogens (tertiary/aromatic N) is 2. The van der Waals surface area contributed by atoms with Crippen LogP contribution in [0.25, 0.3) is 0 Å². The summed E-state index contributed by atoms with van der Waals surface area (Å²) < 4.78 is 13.6. The molecule has 1 aliphatic heterocycles. The summed E-state index contributed by atoms with van der Waals surface area (Å²) in [5.74, 6) is 0.466. The number of aliphatic imine (C=N–C) groups is 1. The molecule has 0 unspecified atom stereocenters. The molecule has 80 valence electrons. The molecular weight excluding hydrogens is 193 g/mol. The van der Waals surface area contributed by atoms with E-state index < -0.39 is 0 Å². The van der Waals surface area contributed by atoms with Gasteiger partial charge in [-0.2, -0.15) is 4.39 Å². The molecule has 15 heavy (non-hydrogen) atoms. The van der Waals surface area contributed by atoms with Crippen molar-refractivity contribution in [3.05, 3.63) is 29.3 Å². The van der Waals surface area contributed by atoms with Crippen molar-refractivity contribution in [1.82, 2.24) is 10.3 Å². The largest absolute Gasteiger partial charge is 0.367 e. The molecule has 0 radical (unpaired) electrons. The Labute approximate surface area is 88.4 Å². The molecule has 3 nitrogen and oxygen atoms in total. The summed E-state index contributed by atoms with van der Waals surface area (Å²) in [5.41, 5.74) is 1.24. The van der Waals surface area contributed by atoms with Crippen LogP contribution < -0.4 is 5.32 Å². The van der Waals surface area contributed by atoms with E-state index in [0.717, 1.165) is 13.1 Å². The first-order chi connectivity index (χ1) is 7.18. The average Bonchev–Trinajstić information content (AvgIpc) is 2.69. The predicted molar refractivity (Wildman–Crippen MR) is 57.7 cm³/mol. The van der Waals surface area contributed by atoms with Crippen LogP contribution in [0.15, 0.2) is 17.1 Å². The van der Waals surface area contributed by atoms with Crippen molar-refractivity contribution in [2.75, 3.05) is 13.1 Å². The maximum absolute atomic E-state index is 13.6. The molecule has 1 aliphatic rings. The van der Waals surface area contributed by atoms with Gasteiger partial charge in [-0.25, -0.2) is 4.98 Å². The summed E-state index contributed by atoms with van der Waals surface area (Å²) in [4.78, 5) is 8.11. The summed E-state index contributed by atoms with van der Waals surface area (Å²) in [7, 11) is 0. The van der Waals surface area contributed by atoms with Gasteiger partial charge in [-0.05, 0) is 12.0 Å². The van der Waals surface area contributed by atoms with Gasteiger partial charge in [-0.3, -0.25) is 4.99 Å². The number of nitrogens with one attached hydrogen (secondary N) is 1. The van der Waals surface area contributed by atoms with Gasteiger partial charge in [0.1, 0.15) is 11.5 Å². The molecule has 4 heteroatoms. The van der Waals surface area contributed by atoms with E-state index in [0.29, 0.717) is 17.1 Å². The summed E-state index contributed by atoms with van der Waals surface area (Å²) in [6.07, 6.45) is 0. The maximum Gasteiger partial charge on any atom is 0.216 e. The minimum Gasteiger partial charge on any atom is -0.367 e. The smallest absolute Gasteiger partial charge is 0.216 e. The van der Waals surface area contributed by atoms with E-state index in [2.05, 4.69) is 15.3 Å². The molecule has 1 aromatic rings. The third kappa shape index (κ3) is 1.98. The molecule has 0 spiro atoms. The number of hydrogen-bond acceptors (Lipinski definition) is 3. The lowest BCUT2D eigenvalue weighted by molar-refractivity contribution is 0.555. The SMILES string of the molecule is CC(C)c1ccc(C2=NCCN2)nc1F. The molecule has 0 saturated carbocycles. The lowest BCUT2D eigenvalue weighted by Crippen LogP contribution is -2.21. The zero-order valence-electron chi connectivity index (χ0n) is 8.92. The van der Waals surface area contributed by atoms with Crippen LogP contribution in [0.4, 0.5) is 4.39 Å². The van der Waals surface area contributed by atoms with Crippen LogP contribution in [0, 0.1) is 5.95 Å². The van der Waals surface area contributed by atoms with Gasteiger partial charge in [0.2, 0.25) is 5.95 Å². The van der Waals surface area contributed by atoms with Crippen molar-refractivity contribution < 1.29 is 4.39 Å². The van der Waals surface area contributed by atoms with Gasteiger partial charge in [-0.15, -0.1) is 0 Å². The van der Waals surface area contributed by atoms with Crippen LogP contribution in [0.3, 0.4) is 0 Å². The van der Waals surface area contributed by atoms with Gasteiger partial charge < -0.3 is 5.32 Å². The number of aromatic nitrogens is 1. The zero-order chi connectivity index (χ0) is 10.8. The Morgan fingerprint density at radius 1 is 1.40 bits per heavy atom. The third-order valence-corrected chi connectivity index (χ3v) is 2.42. The third-order valence-electron chi connectivity index (χ3n) is 2.42. The lowest BCUT2D eigenvalue weighted by Gasteiger charge is -2.08. The lowest BCUT2D eigenvalue weighted by atomic mass is 10.1. The first-order valence-corrected chi connectivity index (χ1v) is 5.13. The van der Waals surface area contributed by atoms with Crippen LogP contribution in [-0.4, -0.2) is 23.9 Å². The maximum atomic E-state index is 13.6. The Hall–Kier alpha value is -1.45. The molecule has 1 N–H and O–H groups in total. The topological polar surface area (TPSA) is 37.3 Å². The highest BCUT2D eigenvalue weighted by Crippen LogP contribution is 2.17. The van der Waals surface area contributed by atoms with E-state index in [-0.39, 0.29) is 11.9 Å². The Morgan fingerprint density at radius 2 is 2.20 bits per heavy atom. The van der Waals surface area contributed by atoms with Gasteiger partial charge >= 0.3 is 0 Å². The fourth-order valence-corrected chi connectivity index (χ4v) is 1.58. The second kappa shape index (κ2) is 3.96. The first kappa shape index (κ1) is 10.1. The fourth-order valence-electron chi connectivity index (χ4n) is 1.58. The number of pyridine rings is 1. The van der Waals surface area contributed by atoms with E-state index in [4.69, 9.17) is 0 Å². The van der Waals surface area contributed by atoms with Crippen molar-refractivity contribution in [3.8, 4) is 0 Å². The molecule has 0 bridgehead atoms. The molecule has 1 aromatic heterocycles. The first-order valence-electron chi connectivity index (χ1n) is 5.13. The molecule has 2 heterocycles. The summed E-state index contributed by atoms with van der Waals surface area (Å²) >= 11 is 0. The summed E-state index contributed by atoms with van der Waals surface area (Å²) in [6, 6.07) is 3.60. The molecule has 0 amide bonds. The van der Waals surface area contributed by atoms with Crippen molar-refractivity contribution in [3.63, 3.8) is 0 Å². The van der Waals surface area contributed by atoms with Crippen molar-refractivity contribution in [1.29, 1.82) is 0 Å². The van der Waals surface area contributed by atoms with E-state index >= 15 is 0 Å². The van der Waals surface area contributed by atoms with Crippen molar-refractivity contribution in [2.45, 2.75) is 19.8 Å². The monoisotopic (exact) mass is 207 g/mol. The van der Waals surface area contributed by atoms with Crippen molar-refractivity contribution in [2.24, 2.45) is 4.99 Å². The number of amidine groups is 1. The molecule has 0 atom stereocenters. The van der Waals surface area contributed by atoms with Gasteiger partial charge in [0, 0.05) is 12.1 Å². The molecule has 0 saturated heterocycles. The minimum atomic E-state index is -0.390. The van der Waals surface area contributed by atoms with Gasteiger partial charge in [-0.1, -0.05) is 19.9 Å². The Balaban J connectivity index is 2.33. The van der Waals surface area contributed by atoms with Gasteiger partial charge in [0.05, 0.1) is 6.54 Å². The molecule has 2 rings (SSSR count). The average molecular weight is 207 g/mol. The van der Waals surface area contributed by atoms with Crippen LogP contribution in [0.2, 0.25) is 0 Å². The molecule has 0 aliphatic carbocycles. The Kier molecular flexibility index (Phi) is 2.66. The molecule has 0 aromatic carbocycles. The number of hydrogen-bond donors (Lipinski definition) is 1. The van der Waals surface area contributed by atoms with E-state index in [1.165, 1.54) is 0 Å². The van der Waals surface area contributed by atoms with Crippen molar-refractivity contribution >= 4 is 5.84 Å². The number of halogens is 1. The minimum absolute atomic E-state index is 0.157. The summed E-state index contributed by atoms with van der Waals surface area (Å²) in [6.45, 7) is 5.45.